The summed E-state index contributed by atoms with van der Waals surface area (Å²) >= 11 is 1.35. The molecule has 0 aliphatic rings. The number of carbonyl (C=O) groups is 1. The molecule has 0 aliphatic heterocycles. The lowest BCUT2D eigenvalue weighted by Gasteiger charge is -2.06. The Kier molecular flexibility index (Phi) is 5.69. The summed E-state index contributed by atoms with van der Waals surface area (Å²) in [6.45, 7) is 1.93. The number of ether oxygens (including phenoxy) is 1. The number of esters is 1. The summed E-state index contributed by atoms with van der Waals surface area (Å²) in [5.41, 5.74) is 2.85. The largest absolute Gasteiger partial charge is 0.406 e. The van der Waals surface area contributed by atoms with Gasteiger partial charge in [-0.25, -0.2) is 4.99 Å². The number of benzene rings is 2. The molecule has 5 heteroatoms. The van der Waals surface area contributed by atoms with Crippen molar-refractivity contribution < 1.29 is 9.53 Å². The molecule has 0 amide bonds. The van der Waals surface area contributed by atoms with E-state index in [-0.39, 0.29) is 5.97 Å². The van der Waals surface area contributed by atoms with E-state index in [1.807, 2.05) is 67.6 Å². The van der Waals surface area contributed by atoms with Gasteiger partial charge in [-0.1, -0.05) is 78.9 Å². The van der Waals surface area contributed by atoms with E-state index in [0.29, 0.717) is 17.4 Å². The first-order chi connectivity index (χ1) is 12.3. The van der Waals surface area contributed by atoms with Gasteiger partial charge in [0.2, 0.25) is 11.0 Å². The molecule has 0 atom stereocenters. The van der Waals surface area contributed by atoms with Gasteiger partial charge in [-0.05, 0) is 6.42 Å². The fourth-order valence-electron chi connectivity index (χ4n) is 2.30. The maximum Gasteiger partial charge on any atom is 0.312 e. The van der Waals surface area contributed by atoms with Gasteiger partial charge in [-0.2, -0.15) is 4.98 Å². The Labute approximate surface area is 150 Å². The van der Waals surface area contributed by atoms with Crippen LogP contribution in [-0.2, 0) is 4.79 Å². The lowest BCUT2D eigenvalue weighted by Crippen LogP contribution is -2.06. The quantitative estimate of drug-likeness (QED) is 0.463. The lowest BCUT2D eigenvalue weighted by molar-refractivity contribution is -0.134. The number of aromatic nitrogens is 1. The predicted molar refractivity (Wildman–Crippen MR) is 101 cm³/mol. The van der Waals surface area contributed by atoms with Crippen LogP contribution in [0.25, 0.3) is 0 Å². The maximum atomic E-state index is 11.6. The zero-order chi connectivity index (χ0) is 17.5. The van der Waals surface area contributed by atoms with Crippen molar-refractivity contribution >= 4 is 28.1 Å². The van der Waals surface area contributed by atoms with Crippen molar-refractivity contribution in [3.63, 3.8) is 0 Å². The van der Waals surface area contributed by atoms with Crippen LogP contribution in [0.1, 0.15) is 30.9 Å². The minimum Gasteiger partial charge on any atom is -0.406 e. The number of nitrogens with zero attached hydrogens (tertiary/aromatic N) is 2. The summed E-state index contributed by atoms with van der Waals surface area (Å²) in [6, 6.07) is 19.9. The highest BCUT2D eigenvalue weighted by Gasteiger charge is 2.11. The maximum absolute atomic E-state index is 11.6. The molecular formula is C20H18N2O2S. The SMILES string of the molecule is CCCC(=O)Oc1csc(N=C(c2ccccc2)c2ccccc2)n1. The first-order valence-electron chi connectivity index (χ1n) is 8.12. The third-order valence-electron chi connectivity index (χ3n) is 3.45. The summed E-state index contributed by atoms with van der Waals surface area (Å²) in [5.74, 6) is 0.0392. The van der Waals surface area contributed by atoms with Crippen LogP contribution in [0.4, 0.5) is 5.13 Å². The topological polar surface area (TPSA) is 51.5 Å². The average Bonchev–Trinajstić information content (AvgIpc) is 3.08. The highest BCUT2D eigenvalue weighted by molar-refractivity contribution is 7.13. The third-order valence-corrected chi connectivity index (χ3v) is 4.16. The Morgan fingerprint density at radius 1 is 1.04 bits per heavy atom. The second-order valence-electron chi connectivity index (χ2n) is 5.38. The molecule has 0 saturated heterocycles. The number of rotatable bonds is 6. The normalized spacial score (nSPS) is 10.3. The minimum atomic E-state index is -0.269. The zero-order valence-corrected chi connectivity index (χ0v) is 14.7. The Balaban J connectivity index is 1.92. The van der Waals surface area contributed by atoms with Gasteiger partial charge in [-0.15, -0.1) is 0 Å². The molecule has 0 bridgehead atoms. The molecule has 0 spiro atoms. The van der Waals surface area contributed by atoms with Crippen molar-refractivity contribution in [1.29, 1.82) is 0 Å². The van der Waals surface area contributed by atoms with Crippen LogP contribution in [0.2, 0.25) is 0 Å². The van der Waals surface area contributed by atoms with Crippen LogP contribution in [0.15, 0.2) is 71.0 Å². The Morgan fingerprint density at radius 2 is 1.64 bits per heavy atom. The van der Waals surface area contributed by atoms with Gasteiger partial charge < -0.3 is 4.74 Å². The fourth-order valence-corrected chi connectivity index (χ4v) is 2.90. The van der Waals surface area contributed by atoms with Crippen molar-refractivity contribution in [1.82, 2.24) is 4.98 Å². The second kappa shape index (κ2) is 8.35. The first-order valence-corrected chi connectivity index (χ1v) is 9.00. The van der Waals surface area contributed by atoms with Crippen LogP contribution < -0.4 is 4.74 Å². The van der Waals surface area contributed by atoms with Crippen molar-refractivity contribution in [3.8, 4) is 5.88 Å². The molecule has 0 N–H and O–H groups in total. The number of hydrogen-bond donors (Lipinski definition) is 0. The van der Waals surface area contributed by atoms with Crippen LogP contribution in [-0.4, -0.2) is 16.7 Å². The van der Waals surface area contributed by atoms with E-state index >= 15 is 0 Å². The molecule has 2 aromatic carbocycles. The monoisotopic (exact) mass is 350 g/mol. The van der Waals surface area contributed by atoms with Crippen molar-refractivity contribution in [2.24, 2.45) is 4.99 Å². The van der Waals surface area contributed by atoms with Gasteiger partial charge in [0.1, 0.15) is 0 Å². The molecule has 0 radical (unpaired) electrons. The highest BCUT2D eigenvalue weighted by atomic mass is 32.1. The van der Waals surface area contributed by atoms with Gasteiger partial charge in [0.25, 0.3) is 0 Å². The Hall–Kier alpha value is -2.79. The number of hydrogen-bond acceptors (Lipinski definition) is 5. The smallest absolute Gasteiger partial charge is 0.312 e. The molecule has 1 aromatic heterocycles. The van der Waals surface area contributed by atoms with E-state index in [4.69, 9.17) is 9.73 Å². The van der Waals surface area contributed by atoms with E-state index in [1.54, 1.807) is 5.38 Å². The summed E-state index contributed by atoms with van der Waals surface area (Å²) in [6.07, 6.45) is 1.13. The second-order valence-corrected chi connectivity index (χ2v) is 6.22. The highest BCUT2D eigenvalue weighted by Crippen LogP contribution is 2.26. The third kappa shape index (κ3) is 4.61. The fraction of sp³-hybridized carbons (Fsp3) is 0.150. The summed E-state index contributed by atoms with van der Waals surface area (Å²) < 4.78 is 5.22. The van der Waals surface area contributed by atoms with E-state index in [9.17, 15) is 4.79 Å². The molecule has 0 saturated carbocycles. The first kappa shape index (κ1) is 17.0. The standard InChI is InChI=1S/C20H18N2O2S/c1-2-9-18(23)24-17-14-25-20(21-17)22-19(15-10-5-3-6-11-15)16-12-7-4-8-13-16/h3-8,10-14H,2,9H2,1H3. The van der Waals surface area contributed by atoms with Gasteiger partial charge in [-0.3, -0.25) is 4.79 Å². The van der Waals surface area contributed by atoms with E-state index < -0.39 is 0 Å². The molecule has 126 valence electrons. The van der Waals surface area contributed by atoms with Crippen molar-refractivity contribution in [2.45, 2.75) is 19.8 Å². The van der Waals surface area contributed by atoms with Gasteiger partial charge in [0.15, 0.2) is 0 Å². The Bertz CT molecular complexity index is 816. The minimum absolute atomic E-state index is 0.269. The van der Waals surface area contributed by atoms with Crippen LogP contribution in [0.5, 0.6) is 5.88 Å². The molecule has 25 heavy (non-hydrogen) atoms. The number of thiazole rings is 1. The number of aliphatic imine (C=N–C) groups is 1. The van der Waals surface area contributed by atoms with Crippen molar-refractivity contribution in [3.05, 3.63) is 77.2 Å². The molecule has 4 nitrogen and oxygen atoms in total. The molecule has 0 fully saturated rings. The van der Waals surface area contributed by atoms with E-state index in [0.717, 1.165) is 23.3 Å². The van der Waals surface area contributed by atoms with Crippen molar-refractivity contribution in [2.75, 3.05) is 0 Å². The Morgan fingerprint density at radius 3 is 2.20 bits per heavy atom. The molecule has 3 rings (SSSR count). The van der Waals surface area contributed by atoms with Gasteiger partial charge in [0.05, 0.1) is 11.1 Å². The van der Waals surface area contributed by atoms with Crippen LogP contribution in [0.3, 0.4) is 0 Å². The summed E-state index contributed by atoms with van der Waals surface area (Å²) in [4.78, 5) is 20.6. The van der Waals surface area contributed by atoms with Gasteiger partial charge in [0, 0.05) is 17.5 Å². The molecule has 1 heterocycles. The van der Waals surface area contributed by atoms with E-state index in [1.165, 1.54) is 11.3 Å². The number of carbonyl (C=O) groups excluding carboxylic acids is 1. The van der Waals surface area contributed by atoms with Crippen LogP contribution >= 0.6 is 11.3 Å². The molecule has 3 aromatic rings. The predicted octanol–water partition coefficient (Wildman–Crippen LogP) is 5.02. The van der Waals surface area contributed by atoms with Gasteiger partial charge >= 0.3 is 5.97 Å². The molecular weight excluding hydrogens is 332 g/mol. The lowest BCUT2D eigenvalue weighted by atomic mass is 10.0. The van der Waals surface area contributed by atoms with Crippen LogP contribution in [0, 0.1) is 0 Å². The summed E-state index contributed by atoms with van der Waals surface area (Å²) in [7, 11) is 0. The average molecular weight is 350 g/mol. The zero-order valence-electron chi connectivity index (χ0n) is 13.9. The molecule has 0 unspecified atom stereocenters. The summed E-state index contributed by atoms with van der Waals surface area (Å²) in [5, 5.41) is 2.27. The molecule has 0 aliphatic carbocycles. The van der Waals surface area contributed by atoms with E-state index in [2.05, 4.69) is 4.98 Å².